The Morgan fingerprint density at radius 2 is 1.91 bits per heavy atom. The number of aromatic nitrogens is 1. The van der Waals surface area contributed by atoms with E-state index in [0.29, 0.717) is 4.90 Å². The van der Waals surface area contributed by atoms with E-state index in [4.69, 9.17) is 0 Å². The van der Waals surface area contributed by atoms with Crippen molar-refractivity contribution in [2.24, 2.45) is 0 Å². The van der Waals surface area contributed by atoms with Crippen LogP contribution in [0.4, 0.5) is 0 Å². The standard InChI is InChI=1S/C17H15NO2S3/c1-12-5-3-4-6-15(12)13-9-14(11-18-10-13)23(19,20)16-7-8-22-17(16)21-2/h3-11H,1-2H3. The fourth-order valence-corrected chi connectivity index (χ4v) is 6.04. The summed E-state index contributed by atoms with van der Waals surface area (Å²) >= 11 is 2.88. The van der Waals surface area contributed by atoms with Crippen molar-refractivity contribution in [2.45, 2.75) is 20.9 Å². The number of aryl methyl sites for hydroxylation is 1. The van der Waals surface area contributed by atoms with E-state index in [1.807, 2.05) is 37.4 Å². The van der Waals surface area contributed by atoms with Gasteiger partial charge in [0.1, 0.15) is 0 Å². The number of hydrogen-bond acceptors (Lipinski definition) is 5. The molecule has 2 aromatic heterocycles. The zero-order valence-corrected chi connectivity index (χ0v) is 15.1. The highest BCUT2D eigenvalue weighted by Gasteiger charge is 2.23. The van der Waals surface area contributed by atoms with Gasteiger partial charge in [0.25, 0.3) is 0 Å². The first-order valence-corrected chi connectivity index (χ1v) is 10.5. The number of hydrogen-bond donors (Lipinski definition) is 0. The van der Waals surface area contributed by atoms with Gasteiger partial charge in [0.05, 0.1) is 14.0 Å². The molecule has 23 heavy (non-hydrogen) atoms. The van der Waals surface area contributed by atoms with Crippen LogP contribution in [0.2, 0.25) is 0 Å². The molecule has 0 radical (unpaired) electrons. The predicted octanol–water partition coefficient (Wildman–Crippen LogP) is 4.67. The molecule has 3 nitrogen and oxygen atoms in total. The van der Waals surface area contributed by atoms with Crippen LogP contribution in [0.1, 0.15) is 5.56 Å². The fourth-order valence-electron chi connectivity index (χ4n) is 2.37. The molecule has 0 atom stereocenters. The molecule has 0 saturated heterocycles. The molecule has 3 aromatic rings. The second kappa shape index (κ2) is 6.47. The maximum atomic E-state index is 12.9. The number of rotatable bonds is 4. The van der Waals surface area contributed by atoms with Crippen molar-refractivity contribution in [1.82, 2.24) is 4.98 Å². The molecule has 0 bridgehead atoms. The van der Waals surface area contributed by atoms with Gasteiger partial charge in [-0.15, -0.1) is 23.1 Å². The molecule has 0 saturated carbocycles. The molecule has 1 aromatic carbocycles. The maximum Gasteiger partial charge on any atom is 0.210 e. The number of thioether (sulfide) groups is 1. The van der Waals surface area contributed by atoms with Crippen LogP contribution >= 0.6 is 23.1 Å². The van der Waals surface area contributed by atoms with Crippen LogP contribution in [0.25, 0.3) is 11.1 Å². The predicted molar refractivity (Wildman–Crippen MR) is 96.0 cm³/mol. The Morgan fingerprint density at radius 1 is 1.13 bits per heavy atom. The van der Waals surface area contributed by atoms with E-state index in [1.54, 1.807) is 23.7 Å². The van der Waals surface area contributed by atoms with Gasteiger partial charge in [-0.2, -0.15) is 0 Å². The minimum absolute atomic E-state index is 0.229. The molecule has 0 aliphatic carbocycles. The normalized spacial score (nSPS) is 11.6. The van der Waals surface area contributed by atoms with E-state index in [1.165, 1.54) is 29.3 Å². The Balaban J connectivity index is 2.12. The third-order valence-electron chi connectivity index (χ3n) is 3.55. The molecule has 6 heteroatoms. The number of nitrogens with zero attached hydrogens (tertiary/aromatic N) is 1. The van der Waals surface area contributed by atoms with Gasteiger partial charge in [0.2, 0.25) is 9.84 Å². The van der Waals surface area contributed by atoms with Crippen molar-refractivity contribution in [3.63, 3.8) is 0 Å². The Kier molecular flexibility index (Phi) is 4.57. The Bertz CT molecular complexity index is 946. The van der Waals surface area contributed by atoms with Crippen LogP contribution in [0.3, 0.4) is 0 Å². The number of thiophene rings is 1. The summed E-state index contributed by atoms with van der Waals surface area (Å²) < 4.78 is 26.6. The average Bonchev–Trinajstić information content (AvgIpc) is 3.05. The second-order valence-corrected chi connectivity index (χ2v) is 8.91. The maximum absolute atomic E-state index is 12.9. The summed E-state index contributed by atoms with van der Waals surface area (Å²) in [4.78, 5) is 4.74. The molecular formula is C17H15NO2S3. The smallest absolute Gasteiger partial charge is 0.210 e. The zero-order valence-electron chi connectivity index (χ0n) is 12.7. The lowest BCUT2D eigenvalue weighted by Gasteiger charge is -2.08. The SMILES string of the molecule is CSc1sccc1S(=O)(=O)c1cncc(-c2ccccc2C)c1. The molecule has 0 unspecified atom stereocenters. The van der Waals surface area contributed by atoms with E-state index >= 15 is 0 Å². The lowest BCUT2D eigenvalue weighted by Crippen LogP contribution is -2.03. The van der Waals surface area contributed by atoms with E-state index in [-0.39, 0.29) is 4.90 Å². The molecule has 0 N–H and O–H groups in total. The van der Waals surface area contributed by atoms with Gasteiger partial charge >= 0.3 is 0 Å². The molecule has 0 amide bonds. The van der Waals surface area contributed by atoms with Crippen molar-refractivity contribution < 1.29 is 8.42 Å². The van der Waals surface area contributed by atoms with Crippen LogP contribution < -0.4 is 0 Å². The Morgan fingerprint density at radius 3 is 2.65 bits per heavy atom. The van der Waals surface area contributed by atoms with Gasteiger partial charge < -0.3 is 0 Å². The topological polar surface area (TPSA) is 47.0 Å². The molecule has 0 fully saturated rings. The minimum atomic E-state index is -3.55. The van der Waals surface area contributed by atoms with Crippen molar-refractivity contribution >= 4 is 32.9 Å². The summed E-state index contributed by atoms with van der Waals surface area (Å²) in [6.45, 7) is 2.00. The van der Waals surface area contributed by atoms with Gasteiger partial charge in [0.15, 0.2) is 0 Å². The van der Waals surface area contributed by atoms with Crippen LogP contribution in [0.5, 0.6) is 0 Å². The third-order valence-corrected chi connectivity index (χ3v) is 7.66. The highest BCUT2D eigenvalue weighted by atomic mass is 32.2. The van der Waals surface area contributed by atoms with Crippen LogP contribution in [0.15, 0.2) is 68.2 Å². The van der Waals surface area contributed by atoms with Crippen LogP contribution in [0, 0.1) is 6.92 Å². The first kappa shape index (κ1) is 16.2. The second-order valence-electron chi connectivity index (χ2n) is 5.00. The lowest BCUT2D eigenvalue weighted by molar-refractivity contribution is 0.594. The number of pyridine rings is 1. The molecular weight excluding hydrogens is 346 g/mol. The van der Waals surface area contributed by atoms with Gasteiger partial charge in [-0.1, -0.05) is 24.3 Å². The van der Waals surface area contributed by atoms with Crippen molar-refractivity contribution in [2.75, 3.05) is 6.26 Å². The van der Waals surface area contributed by atoms with E-state index in [0.717, 1.165) is 20.9 Å². The summed E-state index contributed by atoms with van der Waals surface area (Å²) in [6.07, 6.45) is 5.00. The van der Waals surface area contributed by atoms with E-state index in [2.05, 4.69) is 4.98 Å². The number of sulfone groups is 1. The Labute approximate surface area is 144 Å². The van der Waals surface area contributed by atoms with Crippen molar-refractivity contribution in [3.05, 3.63) is 59.7 Å². The first-order valence-electron chi connectivity index (χ1n) is 6.91. The van der Waals surface area contributed by atoms with Gasteiger partial charge in [-0.3, -0.25) is 4.98 Å². The monoisotopic (exact) mass is 361 g/mol. The number of benzene rings is 1. The summed E-state index contributed by atoms with van der Waals surface area (Å²) in [5.41, 5.74) is 2.89. The largest absolute Gasteiger partial charge is 0.263 e. The van der Waals surface area contributed by atoms with Crippen molar-refractivity contribution in [3.8, 4) is 11.1 Å². The lowest BCUT2D eigenvalue weighted by atomic mass is 10.0. The quantitative estimate of drug-likeness (QED) is 0.633. The van der Waals surface area contributed by atoms with E-state index in [9.17, 15) is 8.42 Å². The van der Waals surface area contributed by atoms with Crippen LogP contribution in [-0.2, 0) is 9.84 Å². The molecule has 0 spiro atoms. The molecule has 0 aliphatic rings. The molecule has 3 rings (SSSR count). The zero-order chi connectivity index (χ0) is 16.4. The molecule has 2 heterocycles. The average molecular weight is 362 g/mol. The van der Waals surface area contributed by atoms with E-state index < -0.39 is 9.84 Å². The summed E-state index contributed by atoms with van der Waals surface area (Å²) in [7, 11) is -3.55. The third kappa shape index (κ3) is 3.06. The van der Waals surface area contributed by atoms with Gasteiger partial charge in [-0.05, 0) is 41.8 Å². The van der Waals surface area contributed by atoms with Gasteiger partial charge in [-0.25, -0.2) is 8.42 Å². The highest BCUT2D eigenvalue weighted by Crippen LogP contribution is 2.35. The first-order chi connectivity index (χ1) is 11.0. The highest BCUT2D eigenvalue weighted by molar-refractivity contribution is 8.01. The fraction of sp³-hybridized carbons (Fsp3) is 0.118. The van der Waals surface area contributed by atoms with Crippen molar-refractivity contribution in [1.29, 1.82) is 0 Å². The molecule has 0 aliphatic heterocycles. The summed E-state index contributed by atoms with van der Waals surface area (Å²) in [5.74, 6) is 0. The summed E-state index contributed by atoms with van der Waals surface area (Å²) in [5, 5.41) is 1.80. The Hall–Kier alpha value is -1.63. The van der Waals surface area contributed by atoms with Gasteiger partial charge in [0, 0.05) is 18.0 Å². The minimum Gasteiger partial charge on any atom is -0.263 e. The van der Waals surface area contributed by atoms with Crippen LogP contribution in [-0.4, -0.2) is 19.7 Å². The summed E-state index contributed by atoms with van der Waals surface area (Å²) in [6, 6.07) is 11.2. The molecule has 118 valence electrons.